The second-order valence-corrected chi connectivity index (χ2v) is 3.75. The van der Waals surface area contributed by atoms with Crippen molar-refractivity contribution in [1.29, 1.82) is 0 Å². The van der Waals surface area contributed by atoms with Crippen molar-refractivity contribution in [3.63, 3.8) is 0 Å². The van der Waals surface area contributed by atoms with Crippen LogP contribution >= 0.6 is 0 Å². The number of fused-ring (bicyclic) bond motifs is 3. The van der Waals surface area contributed by atoms with E-state index in [1.54, 1.807) is 12.4 Å². The molecule has 0 atom stereocenters. The third-order valence-electron chi connectivity index (χ3n) is 2.54. The third-order valence-corrected chi connectivity index (χ3v) is 2.54. The standard InChI is InChI=1S/C12H10N4/c13-9-3-7-1-2-8-4-10(14)6-16-12(8)11(7)15-5-9/h1-6H,13-14H2. The summed E-state index contributed by atoms with van der Waals surface area (Å²) < 4.78 is 0. The van der Waals surface area contributed by atoms with Crippen LogP contribution in [0.25, 0.3) is 21.8 Å². The Kier molecular flexibility index (Phi) is 1.71. The van der Waals surface area contributed by atoms with Crippen LogP contribution in [0.1, 0.15) is 0 Å². The molecule has 0 radical (unpaired) electrons. The number of rotatable bonds is 0. The summed E-state index contributed by atoms with van der Waals surface area (Å²) in [6.45, 7) is 0. The van der Waals surface area contributed by atoms with Gasteiger partial charge in [0.25, 0.3) is 0 Å². The van der Waals surface area contributed by atoms with Crippen LogP contribution in [-0.2, 0) is 0 Å². The molecule has 0 saturated carbocycles. The largest absolute Gasteiger partial charge is 0.397 e. The van der Waals surface area contributed by atoms with E-state index in [0.717, 1.165) is 21.8 Å². The minimum atomic E-state index is 0.655. The van der Waals surface area contributed by atoms with Gasteiger partial charge < -0.3 is 11.5 Å². The molecule has 0 aliphatic heterocycles. The number of hydrogen-bond acceptors (Lipinski definition) is 4. The Labute approximate surface area is 91.9 Å². The first-order valence-corrected chi connectivity index (χ1v) is 4.93. The van der Waals surface area contributed by atoms with Crippen molar-refractivity contribution in [3.05, 3.63) is 36.7 Å². The van der Waals surface area contributed by atoms with Gasteiger partial charge in [-0.3, -0.25) is 9.97 Å². The molecule has 2 aromatic heterocycles. The number of anilines is 2. The molecule has 3 rings (SSSR count). The van der Waals surface area contributed by atoms with Crippen LogP contribution < -0.4 is 11.5 Å². The van der Waals surface area contributed by atoms with E-state index in [2.05, 4.69) is 9.97 Å². The van der Waals surface area contributed by atoms with E-state index in [9.17, 15) is 0 Å². The number of pyridine rings is 2. The second-order valence-electron chi connectivity index (χ2n) is 3.75. The normalized spacial score (nSPS) is 11.0. The first kappa shape index (κ1) is 8.91. The van der Waals surface area contributed by atoms with Crippen molar-refractivity contribution < 1.29 is 0 Å². The van der Waals surface area contributed by atoms with Crippen molar-refractivity contribution in [2.24, 2.45) is 0 Å². The highest BCUT2D eigenvalue weighted by Gasteiger charge is 2.03. The van der Waals surface area contributed by atoms with Crippen molar-refractivity contribution in [3.8, 4) is 0 Å². The maximum absolute atomic E-state index is 5.69. The molecule has 3 aromatic rings. The molecular weight excluding hydrogens is 200 g/mol. The zero-order chi connectivity index (χ0) is 11.1. The van der Waals surface area contributed by atoms with Crippen LogP contribution in [0.2, 0.25) is 0 Å². The van der Waals surface area contributed by atoms with Gasteiger partial charge in [-0.1, -0.05) is 12.1 Å². The van der Waals surface area contributed by atoms with E-state index in [1.807, 2.05) is 24.3 Å². The fourth-order valence-corrected chi connectivity index (χ4v) is 1.83. The van der Waals surface area contributed by atoms with E-state index in [1.165, 1.54) is 0 Å². The van der Waals surface area contributed by atoms with Gasteiger partial charge >= 0.3 is 0 Å². The van der Waals surface area contributed by atoms with E-state index in [-0.39, 0.29) is 0 Å². The monoisotopic (exact) mass is 210 g/mol. The number of aromatic nitrogens is 2. The van der Waals surface area contributed by atoms with Gasteiger partial charge in [0.15, 0.2) is 0 Å². The summed E-state index contributed by atoms with van der Waals surface area (Å²) in [7, 11) is 0. The van der Waals surface area contributed by atoms with Crippen molar-refractivity contribution in [2.45, 2.75) is 0 Å². The molecule has 0 aliphatic rings. The Bertz CT molecular complexity index is 630. The average molecular weight is 210 g/mol. The lowest BCUT2D eigenvalue weighted by atomic mass is 10.1. The molecule has 0 fully saturated rings. The van der Waals surface area contributed by atoms with E-state index < -0.39 is 0 Å². The predicted molar refractivity (Wildman–Crippen MR) is 65.9 cm³/mol. The third kappa shape index (κ3) is 1.24. The van der Waals surface area contributed by atoms with Crippen molar-refractivity contribution >= 4 is 33.2 Å². The van der Waals surface area contributed by atoms with Gasteiger partial charge in [0.2, 0.25) is 0 Å². The van der Waals surface area contributed by atoms with E-state index in [4.69, 9.17) is 11.5 Å². The maximum atomic E-state index is 5.69. The molecule has 0 saturated heterocycles. The summed E-state index contributed by atoms with van der Waals surface area (Å²) >= 11 is 0. The molecule has 78 valence electrons. The lowest BCUT2D eigenvalue weighted by molar-refractivity contribution is 1.38. The maximum Gasteiger partial charge on any atom is 0.0966 e. The molecule has 0 bridgehead atoms. The van der Waals surface area contributed by atoms with Crippen molar-refractivity contribution in [1.82, 2.24) is 9.97 Å². The van der Waals surface area contributed by atoms with Gasteiger partial charge in [-0.25, -0.2) is 0 Å². The van der Waals surface area contributed by atoms with Gasteiger partial charge in [-0.2, -0.15) is 0 Å². The van der Waals surface area contributed by atoms with Gasteiger partial charge in [0.05, 0.1) is 34.8 Å². The van der Waals surface area contributed by atoms with Crippen LogP contribution in [0.3, 0.4) is 0 Å². The highest BCUT2D eigenvalue weighted by atomic mass is 14.8. The highest BCUT2D eigenvalue weighted by Crippen LogP contribution is 2.24. The minimum absolute atomic E-state index is 0.655. The Morgan fingerprint density at radius 2 is 1.19 bits per heavy atom. The molecule has 4 nitrogen and oxygen atoms in total. The molecule has 1 aromatic carbocycles. The van der Waals surface area contributed by atoms with Crippen LogP contribution in [-0.4, -0.2) is 9.97 Å². The Balaban J connectivity index is 2.50. The van der Waals surface area contributed by atoms with Gasteiger partial charge in [0, 0.05) is 10.8 Å². The SMILES string of the molecule is Nc1cnc2c(ccc3cc(N)cnc32)c1. The minimum Gasteiger partial charge on any atom is -0.397 e. The molecule has 0 unspecified atom stereocenters. The van der Waals surface area contributed by atoms with Crippen LogP contribution in [0.5, 0.6) is 0 Å². The first-order valence-electron chi connectivity index (χ1n) is 4.93. The Morgan fingerprint density at radius 3 is 1.62 bits per heavy atom. The summed E-state index contributed by atoms with van der Waals surface area (Å²) in [6.07, 6.45) is 3.28. The van der Waals surface area contributed by atoms with Crippen molar-refractivity contribution in [2.75, 3.05) is 11.5 Å². The van der Waals surface area contributed by atoms with E-state index in [0.29, 0.717) is 11.4 Å². The molecule has 4 N–H and O–H groups in total. The molecule has 0 spiro atoms. The topological polar surface area (TPSA) is 77.8 Å². The van der Waals surface area contributed by atoms with Crippen LogP contribution in [0.4, 0.5) is 11.4 Å². The first-order chi connectivity index (χ1) is 7.74. The highest BCUT2D eigenvalue weighted by molar-refractivity contribution is 6.03. The molecule has 16 heavy (non-hydrogen) atoms. The zero-order valence-corrected chi connectivity index (χ0v) is 8.51. The molecule has 4 heteroatoms. The Morgan fingerprint density at radius 1 is 0.750 bits per heavy atom. The smallest absolute Gasteiger partial charge is 0.0966 e. The number of benzene rings is 1. The van der Waals surface area contributed by atoms with Gasteiger partial charge in [-0.15, -0.1) is 0 Å². The quantitative estimate of drug-likeness (QED) is 0.556. The lowest BCUT2D eigenvalue weighted by Crippen LogP contribution is -1.91. The number of nitrogens with zero attached hydrogens (tertiary/aromatic N) is 2. The van der Waals surface area contributed by atoms with Crippen LogP contribution in [0.15, 0.2) is 36.7 Å². The fraction of sp³-hybridized carbons (Fsp3) is 0. The number of hydrogen-bond donors (Lipinski definition) is 2. The Hall–Kier alpha value is -2.36. The van der Waals surface area contributed by atoms with E-state index >= 15 is 0 Å². The van der Waals surface area contributed by atoms with Gasteiger partial charge in [0.1, 0.15) is 0 Å². The lowest BCUT2D eigenvalue weighted by Gasteiger charge is -2.03. The molecular formula is C12H10N4. The number of nitrogen functional groups attached to an aromatic ring is 2. The summed E-state index contributed by atoms with van der Waals surface area (Å²) in [6, 6.07) is 7.73. The summed E-state index contributed by atoms with van der Waals surface area (Å²) in [5.74, 6) is 0. The molecule has 2 heterocycles. The molecule has 0 aliphatic carbocycles. The zero-order valence-electron chi connectivity index (χ0n) is 8.51. The van der Waals surface area contributed by atoms with Gasteiger partial charge in [-0.05, 0) is 12.1 Å². The predicted octanol–water partition coefficient (Wildman–Crippen LogP) is 1.95. The fourth-order valence-electron chi connectivity index (χ4n) is 1.83. The van der Waals surface area contributed by atoms with Crippen LogP contribution in [0, 0.1) is 0 Å². The number of nitrogens with two attached hydrogens (primary N) is 2. The average Bonchev–Trinajstić information content (AvgIpc) is 2.28. The molecule has 0 amide bonds. The summed E-state index contributed by atoms with van der Waals surface area (Å²) in [5, 5.41) is 1.98. The summed E-state index contributed by atoms with van der Waals surface area (Å²) in [5.41, 5.74) is 14.4. The summed E-state index contributed by atoms with van der Waals surface area (Å²) in [4.78, 5) is 8.62. The second kappa shape index (κ2) is 3.06.